The van der Waals surface area contributed by atoms with Crippen molar-refractivity contribution in [1.29, 1.82) is 0 Å². The molecule has 2 rings (SSSR count). The highest BCUT2D eigenvalue weighted by molar-refractivity contribution is 6.30. The van der Waals surface area contributed by atoms with Gasteiger partial charge in [-0.25, -0.2) is 4.98 Å². The average Bonchev–Trinajstić information content (AvgIpc) is 2.33. The summed E-state index contributed by atoms with van der Waals surface area (Å²) in [6, 6.07) is 3.95. The van der Waals surface area contributed by atoms with Gasteiger partial charge in [0.2, 0.25) is 0 Å². The molecule has 0 atom stereocenters. The fourth-order valence-electron chi connectivity index (χ4n) is 2.16. The van der Waals surface area contributed by atoms with E-state index in [2.05, 4.69) is 10.3 Å². The van der Waals surface area contributed by atoms with Crippen LogP contribution in [0.2, 0.25) is 5.02 Å². The first kappa shape index (κ1) is 12.2. The minimum atomic E-state index is -0.673. The third-order valence-corrected chi connectivity index (χ3v) is 3.38. The molecule has 1 fully saturated rings. The lowest BCUT2D eigenvalue weighted by atomic mass is 9.86. The van der Waals surface area contributed by atoms with Crippen molar-refractivity contribution >= 4 is 23.4 Å². The van der Waals surface area contributed by atoms with Gasteiger partial charge in [0.1, 0.15) is 5.82 Å². The lowest BCUT2D eigenvalue weighted by Gasteiger charge is -2.27. The smallest absolute Gasteiger partial charge is 0.306 e. The van der Waals surface area contributed by atoms with Gasteiger partial charge in [0.05, 0.1) is 10.9 Å². The van der Waals surface area contributed by atoms with Crippen LogP contribution in [-0.4, -0.2) is 22.1 Å². The monoisotopic (exact) mass is 254 g/mol. The number of hydrogen-bond acceptors (Lipinski definition) is 3. The largest absolute Gasteiger partial charge is 0.481 e. The zero-order valence-corrected chi connectivity index (χ0v) is 10.2. The third kappa shape index (κ3) is 3.33. The van der Waals surface area contributed by atoms with E-state index in [-0.39, 0.29) is 5.92 Å². The summed E-state index contributed by atoms with van der Waals surface area (Å²) in [4.78, 5) is 15.0. The minimum absolute atomic E-state index is 0.175. The summed E-state index contributed by atoms with van der Waals surface area (Å²) in [5.74, 6) is -0.0486. The third-order valence-electron chi connectivity index (χ3n) is 3.16. The molecule has 92 valence electrons. The van der Waals surface area contributed by atoms with Crippen LogP contribution in [-0.2, 0) is 4.79 Å². The predicted octanol–water partition coefficient (Wildman–Crippen LogP) is 2.79. The highest BCUT2D eigenvalue weighted by Gasteiger charge is 2.25. The van der Waals surface area contributed by atoms with Crippen LogP contribution in [0.5, 0.6) is 0 Å². The van der Waals surface area contributed by atoms with Gasteiger partial charge in [-0.15, -0.1) is 0 Å². The maximum atomic E-state index is 10.8. The maximum absolute atomic E-state index is 10.8. The fourth-order valence-corrected chi connectivity index (χ4v) is 2.27. The normalized spacial score (nSPS) is 24.3. The lowest BCUT2D eigenvalue weighted by Crippen LogP contribution is -2.29. The summed E-state index contributed by atoms with van der Waals surface area (Å²) in [5.41, 5.74) is 0. The average molecular weight is 255 g/mol. The second-order valence-corrected chi connectivity index (χ2v) is 4.83. The van der Waals surface area contributed by atoms with Crippen molar-refractivity contribution in [1.82, 2.24) is 4.98 Å². The van der Waals surface area contributed by atoms with Gasteiger partial charge in [-0.2, -0.15) is 0 Å². The molecule has 0 amide bonds. The summed E-state index contributed by atoms with van der Waals surface area (Å²) >= 11 is 5.75. The number of carboxylic acid groups (broad SMARTS) is 1. The molecule has 4 nitrogen and oxygen atoms in total. The van der Waals surface area contributed by atoms with E-state index in [0.29, 0.717) is 11.1 Å². The number of aromatic nitrogens is 1. The van der Waals surface area contributed by atoms with E-state index >= 15 is 0 Å². The number of hydrogen-bond donors (Lipinski definition) is 2. The van der Waals surface area contributed by atoms with Crippen molar-refractivity contribution < 1.29 is 9.90 Å². The number of nitrogens with zero attached hydrogens (tertiary/aromatic N) is 1. The summed E-state index contributed by atoms with van der Waals surface area (Å²) in [5, 5.41) is 12.8. The number of nitrogens with one attached hydrogen (secondary N) is 1. The standard InChI is InChI=1S/C12H15ClN2O2/c13-9-3-6-11(14-7-9)15-10-4-1-8(2-5-10)12(16)17/h3,6-8,10H,1-2,4-5H2,(H,14,15)(H,16,17). The van der Waals surface area contributed by atoms with Gasteiger partial charge in [-0.1, -0.05) is 11.6 Å². The SMILES string of the molecule is O=C(O)C1CCC(Nc2ccc(Cl)cn2)CC1. The molecule has 1 heterocycles. The van der Waals surface area contributed by atoms with Crippen molar-refractivity contribution in [2.45, 2.75) is 31.7 Å². The van der Waals surface area contributed by atoms with Crippen molar-refractivity contribution in [3.63, 3.8) is 0 Å². The molecule has 0 spiro atoms. The molecule has 0 bridgehead atoms. The van der Waals surface area contributed by atoms with Crippen LogP contribution in [0.4, 0.5) is 5.82 Å². The van der Waals surface area contributed by atoms with Crippen molar-refractivity contribution in [3.05, 3.63) is 23.4 Å². The molecular weight excluding hydrogens is 240 g/mol. The molecule has 1 aliphatic rings. The summed E-state index contributed by atoms with van der Waals surface area (Å²) < 4.78 is 0. The number of carboxylic acids is 1. The quantitative estimate of drug-likeness (QED) is 0.871. The molecule has 2 N–H and O–H groups in total. The summed E-state index contributed by atoms with van der Waals surface area (Å²) in [6.45, 7) is 0. The van der Waals surface area contributed by atoms with Crippen LogP contribution in [0, 0.1) is 5.92 Å². The number of anilines is 1. The van der Waals surface area contributed by atoms with Gasteiger partial charge in [0, 0.05) is 12.2 Å². The number of pyridine rings is 1. The van der Waals surface area contributed by atoms with E-state index in [1.807, 2.05) is 6.07 Å². The van der Waals surface area contributed by atoms with Crippen LogP contribution < -0.4 is 5.32 Å². The highest BCUT2D eigenvalue weighted by Crippen LogP contribution is 2.26. The molecule has 0 aliphatic heterocycles. The Balaban J connectivity index is 1.85. The van der Waals surface area contributed by atoms with Gasteiger partial charge in [-0.05, 0) is 37.8 Å². The zero-order valence-electron chi connectivity index (χ0n) is 9.40. The first-order valence-electron chi connectivity index (χ1n) is 5.76. The Morgan fingerprint density at radius 2 is 2.06 bits per heavy atom. The number of carbonyl (C=O) groups is 1. The van der Waals surface area contributed by atoms with E-state index in [0.717, 1.165) is 31.5 Å². The van der Waals surface area contributed by atoms with E-state index < -0.39 is 5.97 Å². The Kier molecular flexibility index (Phi) is 3.84. The number of aliphatic carboxylic acids is 1. The molecular formula is C12H15ClN2O2. The van der Waals surface area contributed by atoms with Crippen LogP contribution >= 0.6 is 11.6 Å². The van der Waals surface area contributed by atoms with E-state index in [4.69, 9.17) is 16.7 Å². The predicted molar refractivity (Wildman–Crippen MR) is 66.3 cm³/mol. The van der Waals surface area contributed by atoms with Gasteiger partial charge < -0.3 is 10.4 Å². The van der Waals surface area contributed by atoms with Crippen LogP contribution in [0.15, 0.2) is 18.3 Å². The Hall–Kier alpha value is -1.29. The number of rotatable bonds is 3. The molecule has 1 saturated carbocycles. The second kappa shape index (κ2) is 5.36. The topological polar surface area (TPSA) is 62.2 Å². The Morgan fingerprint density at radius 3 is 2.59 bits per heavy atom. The molecule has 1 aromatic rings. The van der Waals surface area contributed by atoms with E-state index in [1.54, 1.807) is 12.3 Å². The molecule has 5 heteroatoms. The molecule has 0 aromatic carbocycles. The Morgan fingerprint density at radius 1 is 1.35 bits per heavy atom. The number of halogens is 1. The molecule has 1 aromatic heterocycles. The molecule has 1 aliphatic carbocycles. The first-order chi connectivity index (χ1) is 8.15. The minimum Gasteiger partial charge on any atom is -0.481 e. The lowest BCUT2D eigenvalue weighted by molar-refractivity contribution is -0.142. The van der Waals surface area contributed by atoms with E-state index in [9.17, 15) is 4.79 Å². The summed E-state index contributed by atoms with van der Waals surface area (Å²) in [7, 11) is 0. The molecule has 0 saturated heterocycles. The molecule has 17 heavy (non-hydrogen) atoms. The van der Waals surface area contributed by atoms with Gasteiger partial charge in [-0.3, -0.25) is 4.79 Å². The molecule has 0 radical (unpaired) electrons. The van der Waals surface area contributed by atoms with Crippen LogP contribution in [0.1, 0.15) is 25.7 Å². The molecule has 0 unspecified atom stereocenters. The fraction of sp³-hybridized carbons (Fsp3) is 0.500. The first-order valence-corrected chi connectivity index (χ1v) is 6.14. The van der Waals surface area contributed by atoms with Crippen molar-refractivity contribution in [2.75, 3.05) is 5.32 Å². The van der Waals surface area contributed by atoms with Crippen molar-refractivity contribution in [2.24, 2.45) is 5.92 Å². The second-order valence-electron chi connectivity index (χ2n) is 4.39. The van der Waals surface area contributed by atoms with Gasteiger partial charge >= 0.3 is 5.97 Å². The van der Waals surface area contributed by atoms with E-state index in [1.165, 1.54) is 0 Å². The van der Waals surface area contributed by atoms with Crippen LogP contribution in [0.3, 0.4) is 0 Å². The van der Waals surface area contributed by atoms with Crippen LogP contribution in [0.25, 0.3) is 0 Å². The summed E-state index contributed by atoms with van der Waals surface area (Å²) in [6.07, 6.45) is 4.83. The van der Waals surface area contributed by atoms with Gasteiger partial charge in [0.25, 0.3) is 0 Å². The van der Waals surface area contributed by atoms with Gasteiger partial charge in [0.15, 0.2) is 0 Å². The zero-order chi connectivity index (χ0) is 12.3. The van der Waals surface area contributed by atoms with Crippen molar-refractivity contribution in [3.8, 4) is 0 Å². The maximum Gasteiger partial charge on any atom is 0.306 e. The Labute approximate surface area is 105 Å². The highest BCUT2D eigenvalue weighted by atomic mass is 35.5. The Bertz CT molecular complexity index is 386.